The van der Waals surface area contributed by atoms with Crippen molar-refractivity contribution >= 4 is 16.9 Å². The summed E-state index contributed by atoms with van der Waals surface area (Å²) in [6.45, 7) is 7.27. The standard InChI is InChI=1S/C19H19N5O/c1-19(2,3)18-22-9-12-10-24(11-15(12)23-18)17(25)13-5-4-6-14-16(13)21-8-7-20-14/h4-9H,10-11H2,1-3H3. The van der Waals surface area contributed by atoms with Crippen LogP contribution in [0.4, 0.5) is 0 Å². The third-order valence-electron chi connectivity index (χ3n) is 4.34. The van der Waals surface area contributed by atoms with Crippen molar-refractivity contribution in [3.05, 3.63) is 59.4 Å². The largest absolute Gasteiger partial charge is 0.328 e. The maximum Gasteiger partial charge on any atom is 0.256 e. The van der Waals surface area contributed by atoms with Crippen LogP contribution in [0.25, 0.3) is 11.0 Å². The second-order valence-corrected chi connectivity index (χ2v) is 7.31. The Kier molecular flexibility index (Phi) is 3.49. The fourth-order valence-corrected chi connectivity index (χ4v) is 2.99. The van der Waals surface area contributed by atoms with Gasteiger partial charge in [0.25, 0.3) is 5.91 Å². The van der Waals surface area contributed by atoms with Crippen molar-refractivity contribution in [2.45, 2.75) is 39.3 Å². The van der Waals surface area contributed by atoms with Crippen molar-refractivity contribution < 1.29 is 4.79 Å². The van der Waals surface area contributed by atoms with Gasteiger partial charge in [0.2, 0.25) is 0 Å². The molecule has 126 valence electrons. The quantitative estimate of drug-likeness (QED) is 0.685. The number of para-hydroxylation sites is 1. The Hall–Kier alpha value is -2.89. The van der Waals surface area contributed by atoms with Crippen LogP contribution in [0, 0.1) is 0 Å². The highest BCUT2D eigenvalue weighted by Gasteiger charge is 2.29. The van der Waals surface area contributed by atoms with Gasteiger partial charge in [-0.05, 0) is 12.1 Å². The number of benzene rings is 1. The molecule has 0 saturated heterocycles. The summed E-state index contributed by atoms with van der Waals surface area (Å²) >= 11 is 0. The van der Waals surface area contributed by atoms with Crippen LogP contribution in [-0.4, -0.2) is 30.7 Å². The molecule has 0 unspecified atom stereocenters. The van der Waals surface area contributed by atoms with Crippen molar-refractivity contribution in [3.63, 3.8) is 0 Å². The first-order valence-electron chi connectivity index (χ1n) is 8.28. The molecule has 0 radical (unpaired) electrons. The Labute approximate surface area is 146 Å². The molecule has 1 amide bonds. The van der Waals surface area contributed by atoms with Gasteiger partial charge in [0.05, 0.1) is 23.3 Å². The molecule has 6 nitrogen and oxygen atoms in total. The lowest BCUT2D eigenvalue weighted by atomic mass is 9.95. The fraction of sp³-hybridized carbons (Fsp3) is 0.316. The van der Waals surface area contributed by atoms with Crippen LogP contribution in [0.1, 0.15) is 48.2 Å². The number of carbonyl (C=O) groups excluding carboxylic acids is 1. The number of rotatable bonds is 1. The van der Waals surface area contributed by atoms with E-state index in [0.29, 0.717) is 24.2 Å². The van der Waals surface area contributed by atoms with Crippen LogP contribution in [0.5, 0.6) is 0 Å². The van der Waals surface area contributed by atoms with Crippen molar-refractivity contribution in [2.75, 3.05) is 0 Å². The van der Waals surface area contributed by atoms with E-state index in [4.69, 9.17) is 0 Å². The number of carbonyl (C=O) groups is 1. The van der Waals surface area contributed by atoms with Crippen LogP contribution in [0.15, 0.2) is 36.8 Å². The third-order valence-corrected chi connectivity index (χ3v) is 4.34. The van der Waals surface area contributed by atoms with E-state index in [1.54, 1.807) is 23.4 Å². The zero-order valence-electron chi connectivity index (χ0n) is 14.5. The molecule has 3 aromatic rings. The Bertz CT molecular complexity index is 972. The molecule has 1 aromatic carbocycles. The summed E-state index contributed by atoms with van der Waals surface area (Å²) in [7, 11) is 0. The summed E-state index contributed by atoms with van der Waals surface area (Å²) in [5, 5.41) is 0. The summed E-state index contributed by atoms with van der Waals surface area (Å²) in [5.41, 5.74) is 3.75. The van der Waals surface area contributed by atoms with E-state index < -0.39 is 0 Å². The average molecular weight is 333 g/mol. The first kappa shape index (κ1) is 15.6. The van der Waals surface area contributed by atoms with Crippen LogP contribution in [0.2, 0.25) is 0 Å². The molecule has 1 aliphatic rings. The lowest BCUT2D eigenvalue weighted by Gasteiger charge is -2.17. The molecule has 0 fully saturated rings. The van der Waals surface area contributed by atoms with Gasteiger partial charge >= 0.3 is 0 Å². The number of amides is 1. The first-order valence-corrected chi connectivity index (χ1v) is 8.28. The van der Waals surface area contributed by atoms with E-state index in [1.165, 1.54) is 0 Å². The highest BCUT2D eigenvalue weighted by atomic mass is 16.2. The van der Waals surface area contributed by atoms with Gasteiger partial charge in [-0.15, -0.1) is 0 Å². The average Bonchev–Trinajstić information content (AvgIpc) is 3.03. The Balaban J connectivity index is 1.66. The van der Waals surface area contributed by atoms with E-state index in [2.05, 4.69) is 40.7 Å². The summed E-state index contributed by atoms with van der Waals surface area (Å²) in [6, 6.07) is 5.50. The number of hydrogen-bond donors (Lipinski definition) is 0. The van der Waals surface area contributed by atoms with Crippen LogP contribution in [0.3, 0.4) is 0 Å². The van der Waals surface area contributed by atoms with Gasteiger partial charge in [0, 0.05) is 36.1 Å². The maximum absolute atomic E-state index is 13.0. The lowest BCUT2D eigenvalue weighted by Crippen LogP contribution is -2.25. The number of hydrogen-bond acceptors (Lipinski definition) is 5. The number of nitrogens with zero attached hydrogens (tertiary/aromatic N) is 5. The molecule has 0 N–H and O–H groups in total. The van der Waals surface area contributed by atoms with Gasteiger partial charge in [-0.1, -0.05) is 26.8 Å². The van der Waals surface area contributed by atoms with Gasteiger partial charge in [-0.2, -0.15) is 0 Å². The summed E-state index contributed by atoms with van der Waals surface area (Å²) in [6.07, 6.45) is 5.09. The van der Waals surface area contributed by atoms with Crippen molar-refractivity contribution in [1.29, 1.82) is 0 Å². The van der Waals surface area contributed by atoms with Gasteiger partial charge in [-0.25, -0.2) is 9.97 Å². The number of fused-ring (bicyclic) bond motifs is 2. The lowest BCUT2D eigenvalue weighted by molar-refractivity contribution is 0.0752. The summed E-state index contributed by atoms with van der Waals surface area (Å²) in [5.74, 6) is 0.748. The highest BCUT2D eigenvalue weighted by molar-refractivity contribution is 6.04. The third kappa shape index (κ3) is 2.73. The monoisotopic (exact) mass is 333 g/mol. The van der Waals surface area contributed by atoms with E-state index >= 15 is 0 Å². The zero-order valence-corrected chi connectivity index (χ0v) is 14.5. The van der Waals surface area contributed by atoms with Crippen molar-refractivity contribution in [1.82, 2.24) is 24.8 Å². The highest BCUT2D eigenvalue weighted by Crippen LogP contribution is 2.26. The Morgan fingerprint density at radius 2 is 1.88 bits per heavy atom. The predicted octanol–water partition coefficient (Wildman–Crippen LogP) is 2.87. The minimum Gasteiger partial charge on any atom is -0.328 e. The van der Waals surface area contributed by atoms with Crippen molar-refractivity contribution in [2.24, 2.45) is 0 Å². The molecule has 0 aliphatic carbocycles. The Morgan fingerprint density at radius 3 is 2.68 bits per heavy atom. The summed E-state index contributed by atoms with van der Waals surface area (Å²) in [4.78, 5) is 32.6. The molecule has 0 bridgehead atoms. The van der Waals surface area contributed by atoms with Gasteiger partial charge < -0.3 is 4.90 Å². The molecule has 4 rings (SSSR count). The molecule has 0 atom stereocenters. The Morgan fingerprint density at radius 1 is 1.08 bits per heavy atom. The molecule has 1 aliphatic heterocycles. The molecule has 2 aromatic heterocycles. The zero-order chi connectivity index (χ0) is 17.6. The van der Waals surface area contributed by atoms with Gasteiger partial charge in [0.1, 0.15) is 11.3 Å². The minimum absolute atomic E-state index is 0.0543. The molecule has 25 heavy (non-hydrogen) atoms. The molecule has 3 heterocycles. The fourth-order valence-electron chi connectivity index (χ4n) is 2.99. The smallest absolute Gasteiger partial charge is 0.256 e. The van der Waals surface area contributed by atoms with E-state index in [9.17, 15) is 4.79 Å². The SMILES string of the molecule is CC(C)(C)c1ncc2c(n1)CN(C(=O)c1cccc3nccnc13)C2. The van der Waals surface area contributed by atoms with E-state index in [-0.39, 0.29) is 11.3 Å². The van der Waals surface area contributed by atoms with Crippen LogP contribution >= 0.6 is 0 Å². The molecule has 0 spiro atoms. The second kappa shape index (κ2) is 5.58. The van der Waals surface area contributed by atoms with E-state index in [0.717, 1.165) is 22.6 Å². The molecule has 6 heteroatoms. The van der Waals surface area contributed by atoms with Crippen molar-refractivity contribution in [3.8, 4) is 0 Å². The number of aromatic nitrogens is 4. The molecular weight excluding hydrogens is 314 g/mol. The maximum atomic E-state index is 13.0. The predicted molar refractivity (Wildman–Crippen MR) is 93.8 cm³/mol. The van der Waals surface area contributed by atoms with Gasteiger partial charge in [0.15, 0.2) is 0 Å². The topological polar surface area (TPSA) is 71.9 Å². The van der Waals surface area contributed by atoms with Crippen LogP contribution in [-0.2, 0) is 18.5 Å². The normalized spacial score (nSPS) is 14.0. The minimum atomic E-state index is -0.113. The summed E-state index contributed by atoms with van der Waals surface area (Å²) < 4.78 is 0. The van der Waals surface area contributed by atoms with Gasteiger partial charge in [-0.3, -0.25) is 14.8 Å². The van der Waals surface area contributed by atoms with Crippen LogP contribution < -0.4 is 0 Å². The molecule has 0 saturated carbocycles. The second-order valence-electron chi connectivity index (χ2n) is 7.31. The van der Waals surface area contributed by atoms with E-state index in [1.807, 2.05) is 18.3 Å². The molecular formula is C19H19N5O. The first-order chi connectivity index (χ1) is 11.9.